The van der Waals surface area contributed by atoms with Gasteiger partial charge >= 0.3 is 0 Å². The molecule has 1 aliphatic carbocycles. The number of halogens is 1. The van der Waals surface area contributed by atoms with Crippen LogP contribution in [0.15, 0.2) is 23.1 Å². The normalized spacial score (nSPS) is 21.5. The maximum absolute atomic E-state index is 6.33. The van der Waals surface area contributed by atoms with E-state index in [1.165, 1.54) is 0 Å². The standard InChI is InChI=1S/C16H20BrN7/c1-23-8-10(6-20-23)12-7-21-24-15(19)13(17)14(22-16(12)24)9-3-2-4-11(18)5-9/h6-9,11H,2-5,18H2,1H3,(H2,19,21,22)/p+1/t9-,11+/m1/s1. The smallest absolute Gasteiger partial charge is 0.203 e. The van der Waals surface area contributed by atoms with Gasteiger partial charge in [0.1, 0.15) is 5.82 Å². The van der Waals surface area contributed by atoms with Crippen LogP contribution in [0.3, 0.4) is 0 Å². The quantitative estimate of drug-likeness (QED) is 0.581. The largest absolute Gasteiger partial charge is 0.383 e. The van der Waals surface area contributed by atoms with E-state index < -0.39 is 0 Å². The number of anilines is 1. The van der Waals surface area contributed by atoms with Crippen LogP contribution in [0.5, 0.6) is 0 Å². The number of nitrogens with zero attached hydrogens (tertiary/aromatic N) is 4. The van der Waals surface area contributed by atoms with E-state index in [0.29, 0.717) is 11.7 Å². The Labute approximate surface area is 148 Å². The molecule has 0 bridgehead atoms. The second-order valence-electron chi connectivity index (χ2n) is 6.58. The molecular formula is C16H21BrN7+. The van der Waals surface area contributed by atoms with E-state index in [-0.39, 0.29) is 6.04 Å². The monoisotopic (exact) mass is 390 g/mol. The number of fused-ring (bicyclic) bond motifs is 1. The molecule has 0 radical (unpaired) electrons. The van der Waals surface area contributed by atoms with Gasteiger partial charge < -0.3 is 11.5 Å². The van der Waals surface area contributed by atoms with Gasteiger partial charge in [-0.2, -0.15) is 14.7 Å². The van der Waals surface area contributed by atoms with E-state index in [0.717, 1.165) is 52.6 Å². The Bertz CT molecular complexity index is 897. The molecule has 3 aromatic rings. The van der Waals surface area contributed by atoms with Crippen molar-refractivity contribution < 1.29 is 4.68 Å². The van der Waals surface area contributed by atoms with Crippen molar-refractivity contribution in [3.63, 3.8) is 0 Å². The topological polar surface area (TPSA) is 102 Å². The summed E-state index contributed by atoms with van der Waals surface area (Å²) in [6, 6.07) is 0.239. The molecule has 7 nitrogen and oxygen atoms in total. The third-order valence-corrected chi connectivity index (χ3v) is 5.63. The number of rotatable bonds is 2. The summed E-state index contributed by atoms with van der Waals surface area (Å²) in [7, 11) is 1.95. The summed E-state index contributed by atoms with van der Waals surface area (Å²) in [6.07, 6.45) is 10.0. The number of H-pyrrole nitrogens is 1. The SMILES string of the molecule is C[n+]1cc(-c2cnn3c(N)c(Br)c([C@@H]4CCC[C@H](N)C4)nc23)c[nH]1. The fourth-order valence-electron chi connectivity index (χ4n) is 3.57. The second kappa shape index (κ2) is 5.86. The lowest BCUT2D eigenvalue weighted by atomic mass is 9.84. The third-order valence-electron chi connectivity index (χ3n) is 4.82. The number of aryl methyl sites for hydroxylation is 1. The molecule has 0 aromatic carbocycles. The Morgan fingerprint density at radius 3 is 2.96 bits per heavy atom. The first-order chi connectivity index (χ1) is 11.5. The average Bonchev–Trinajstić information content (AvgIpc) is 3.16. The van der Waals surface area contributed by atoms with Gasteiger partial charge in [0, 0.05) is 12.0 Å². The van der Waals surface area contributed by atoms with Gasteiger partial charge in [-0.3, -0.25) is 0 Å². The van der Waals surface area contributed by atoms with Gasteiger partial charge in [-0.05, 0) is 35.2 Å². The Morgan fingerprint density at radius 1 is 1.42 bits per heavy atom. The fourth-order valence-corrected chi connectivity index (χ4v) is 4.15. The summed E-state index contributed by atoms with van der Waals surface area (Å²) in [4.78, 5) is 4.93. The molecule has 4 rings (SSSR count). The van der Waals surface area contributed by atoms with Gasteiger partial charge in [0.15, 0.2) is 12.7 Å². The Hall–Kier alpha value is -1.93. The molecule has 1 aliphatic rings. The highest BCUT2D eigenvalue weighted by Crippen LogP contribution is 2.38. The minimum atomic E-state index is 0.239. The van der Waals surface area contributed by atoms with Crippen LogP contribution in [0.1, 0.15) is 37.3 Å². The highest BCUT2D eigenvalue weighted by molar-refractivity contribution is 9.10. The van der Waals surface area contributed by atoms with Gasteiger partial charge in [-0.15, -0.1) is 4.68 Å². The summed E-state index contributed by atoms with van der Waals surface area (Å²) in [5.41, 5.74) is 16.3. The van der Waals surface area contributed by atoms with Crippen LogP contribution in [0, 0.1) is 0 Å². The molecule has 0 spiro atoms. The Morgan fingerprint density at radius 2 is 2.25 bits per heavy atom. The predicted molar refractivity (Wildman–Crippen MR) is 95.2 cm³/mol. The lowest BCUT2D eigenvalue weighted by Gasteiger charge is -2.27. The summed E-state index contributed by atoms with van der Waals surface area (Å²) in [5.74, 6) is 0.917. The summed E-state index contributed by atoms with van der Waals surface area (Å²) in [6.45, 7) is 0. The van der Waals surface area contributed by atoms with Crippen molar-refractivity contribution in [3.8, 4) is 11.1 Å². The van der Waals surface area contributed by atoms with Crippen molar-refractivity contribution >= 4 is 27.4 Å². The maximum atomic E-state index is 6.33. The van der Waals surface area contributed by atoms with Crippen LogP contribution in [0.2, 0.25) is 0 Å². The van der Waals surface area contributed by atoms with Crippen molar-refractivity contribution in [2.45, 2.75) is 37.6 Å². The molecular weight excluding hydrogens is 370 g/mol. The van der Waals surface area contributed by atoms with Crippen LogP contribution < -0.4 is 16.1 Å². The Kier molecular flexibility index (Phi) is 3.80. The first-order valence-corrected chi connectivity index (χ1v) is 8.96. The first-order valence-electron chi connectivity index (χ1n) is 8.17. The number of nitrogens with one attached hydrogen (secondary N) is 1. The Balaban J connectivity index is 1.87. The zero-order chi connectivity index (χ0) is 16.8. The molecule has 24 heavy (non-hydrogen) atoms. The molecule has 3 aromatic heterocycles. The van der Waals surface area contributed by atoms with E-state index in [9.17, 15) is 0 Å². The van der Waals surface area contributed by atoms with Crippen molar-refractivity contribution in [1.82, 2.24) is 19.7 Å². The highest BCUT2D eigenvalue weighted by Gasteiger charge is 2.27. The molecule has 0 aliphatic heterocycles. The summed E-state index contributed by atoms with van der Waals surface area (Å²) < 4.78 is 4.42. The fraction of sp³-hybridized carbons (Fsp3) is 0.438. The molecule has 3 heterocycles. The molecule has 8 heteroatoms. The van der Waals surface area contributed by atoms with Gasteiger partial charge in [-0.1, -0.05) is 6.42 Å². The van der Waals surface area contributed by atoms with Crippen molar-refractivity contribution in [2.24, 2.45) is 12.8 Å². The van der Waals surface area contributed by atoms with E-state index in [2.05, 4.69) is 26.1 Å². The van der Waals surface area contributed by atoms with E-state index in [1.54, 1.807) is 4.52 Å². The number of nitrogen functional groups attached to an aromatic ring is 1. The number of nitrogens with two attached hydrogens (primary N) is 2. The second-order valence-corrected chi connectivity index (χ2v) is 7.38. The first kappa shape index (κ1) is 15.6. The van der Waals surface area contributed by atoms with Gasteiger partial charge in [0.05, 0.1) is 33.7 Å². The molecule has 5 N–H and O–H groups in total. The van der Waals surface area contributed by atoms with E-state index in [1.807, 2.05) is 30.3 Å². The molecule has 0 unspecified atom stereocenters. The van der Waals surface area contributed by atoms with Gasteiger partial charge in [0.25, 0.3) is 0 Å². The zero-order valence-corrected chi connectivity index (χ0v) is 15.1. The number of aromatic nitrogens is 5. The third kappa shape index (κ3) is 2.50. The summed E-state index contributed by atoms with van der Waals surface area (Å²) in [5, 5.41) is 7.54. The maximum Gasteiger partial charge on any atom is 0.203 e. The molecule has 2 atom stereocenters. The van der Waals surface area contributed by atoms with Crippen molar-refractivity contribution in [3.05, 3.63) is 28.8 Å². The van der Waals surface area contributed by atoms with Crippen LogP contribution in [-0.4, -0.2) is 25.7 Å². The van der Waals surface area contributed by atoms with Crippen molar-refractivity contribution in [1.29, 1.82) is 0 Å². The molecule has 0 amide bonds. The molecule has 1 fully saturated rings. The minimum Gasteiger partial charge on any atom is -0.383 e. The van der Waals surface area contributed by atoms with Gasteiger partial charge in [-0.25, -0.2) is 4.98 Å². The molecule has 1 saturated carbocycles. The molecule has 126 valence electrons. The number of hydrogen-bond acceptors (Lipinski definition) is 4. The number of aromatic amines is 1. The highest BCUT2D eigenvalue weighted by atomic mass is 79.9. The van der Waals surface area contributed by atoms with Gasteiger partial charge in [0.2, 0.25) is 6.20 Å². The molecule has 0 saturated heterocycles. The zero-order valence-electron chi connectivity index (χ0n) is 13.5. The minimum absolute atomic E-state index is 0.239. The lowest BCUT2D eigenvalue weighted by molar-refractivity contribution is -0.726. The number of hydrogen-bond donors (Lipinski definition) is 3. The predicted octanol–water partition coefficient (Wildman–Crippen LogP) is 1.88. The van der Waals surface area contributed by atoms with Crippen LogP contribution in [-0.2, 0) is 7.05 Å². The average molecular weight is 391 g/mol. The lowest BCUT2D eigenvalue weighted by Crippen LogP contribution is -2.27. The van der Waals surface area contributed by atoms with Crippen LogP contribution in [0.4, 0.5) is 5.82 Å². The van der Waals surface area contributed by atoms with Crippen LogP contribution >= 0.6 is 15.9 Å². The van der Waals surface area contributed by atoms with E-state index in [4.69, 9.17) is 16.5 Å². The summed E-state index contributed by atoms with van der Waals surface area (Å²) >= 11 is 3.63. The van der Waals surface area contributed by atoms with Crippen LogP contribution in [0.25, 0.3) is 16.8 Å². The van der Waals surface area contributed by atoms with E-state index >= 15 is 0 Å². The van der Waals surface area contributed by atoms with Crippen molar-refractivity contribution in [2.75, 3.05) is 5.73 Å².